The van der Waals surface area contributed by atoms with Gasteiger partial charge in [0.05, 0.1) is 0 Å². The molecule has 2 N–H and O–H groups in total. The number of aromatic nitrogens is 1. The number of pyridine rings is 1. The summed E-state index contributed by atoms with van der Waals surface area (Å²) in [4.78, 5) is 14.5. The van der Waals surface area contributed by atoms with Crippen molar-refractivity contribution in [1.29, 1.82) is 0 Å². The Morgan fingerprint density at radius 2 is 1.87 bits per heavy atom. The highest BCUT2D eigenvalue weighted by Crippen LogP contribution is 2.79. The van der Waals surface area contributed by atoms with Gasteiger partial charge in [0.25, 0.3) is 0 Å². The number of benzene rings is 1. The maximum atomic E-state index is 13.3. The molecule has 0 radical (unpaired) electrons. The first-order chi connectivity index (χ1) is 14.3. The summed E-state index contributed by atoms with van der Waals surface area (Å²) < 4.78 is 42.8. The van der Waals surface area contributed by atoms with Crippen LogP contribution in [-0.2, 0) is 24.6 Å². The third kappa shape index (κ3) is 4.85. The monoisotopic (exact) mass is 467 g/mol. The molecule has 1 saturated heterocycles. The van der Waals surface area contributed by atoms with Crippen molar-refractivity contribution in [2.24, 2.45) is 5.41 Å². The van der Waals surface area contributed by atoms with Gasteiger partial charge in [-0.05, 0) is 23.8 Å². The van der Waals surface area contributed by atoms with Gasteiger partial charge in [-0.3, -0.25) is 23.2 Å². The van der Waals surface area contributed by atoms with E-state index in [2.05, 4.69) is 11.6 Å². The summed E-state index contributed by atoms with van der Waals surface area (Å²) >= 11 is 0. The van der Waals surface area contributed by atoms with E-state index in [-0.39, 0.29) is 5.41 Å². The molecule has 3 rings (SSSR count). The van der Waals surface area contributed by atoms with Crippen molar-refractivity contribution in [1.82, 2.24) is 4.98 Å². The van der Waals surface area contributed by atoms with Crippen LogP contribution in [-0.4, -0.2) is 26.7 Å². The highest BCUT2D eigenvalue weighted by atomic mass is 31.2. The van der Waals surface area contributed by atoms with E-state index >= 15 is 0 Å². The van der Waals surface area contributed by atoms with Crippen LogP contribution in [0, 0.1) is 5.41 Å². The van der Waals surface area contributed by atoms with Gasteiger partial charge in [0.2, 0.25) is 12.5 Å². The second-order valence-corrected chi connectivity index (χ2v) is 13.6. The molecule has 4 unspecified atom stereocenters. The van der Waals surface area contributed by atoms with Gasteiger partial charge >= 0.3 is 7.60 Å². The molecule has 1 aromatic heterocycles. The molecule has 168 valence electrons. The summed E-state index contributed by atoms with van der Waals surface area (Å²) in [6.45, 7) is 11.0. The van der Waals surface area contributed by atoms with Gasteiger partial charge in [-0.15, -0.1) is 0 Å². The Balaban J connectivity index is 1.83. The zero-order valence-electron chi connectivity index (χ0n) is 17.9. The van der Waals surface area contributed by atoms with Crippen LogP contribution in [0.2, 0.25) is 0 Å². The third-order valence-corrected chi connectivity index (χ3v) is 10.5. The molecule has 31 heavy (non-hydrogen) atoms. The number of ether oxygens (including phenoxy) is 1. The smallest absolute Gasteiger partial charge is 0.372 e. The van der Waals surface area contributed by atoms with Crippen molar-refractivity contribution in [3.05, 3.63) is 72.3 Å². The Morgan fingerprint density at radius 1 is 1.23 bits per heavy atom. The van der Waals surface area contributed by atoms with E-state index in [1.54, 1.807) is 36.4 Å². The van der Waals surface area contributed by atoms with Crippen LogP contribution in [0.4, 0.5) is 0 Å². The molecule has 2 aromatic rings. The normalized spacial score (nSPS) is 31.2. The van der Waals surface area contributed by atoms with Crippen molar-refractivity contribution < 1.29 is 32.9 Å². The fraction of sp³-hybridized carbons (Fsp3) is 0.381. The average molecular weight is 467 g/mol. The molecule has 8 nitrogen and oxygen atoms in total. The molecule has 0 saturated carbocycles. The Labute approximate surface area is 181 Å². The Kier molecular flexibility index (Phi) is 6.38. The minimum Gasteiger partial charge on any atom is -0.462 e. The molecule has 1 fully saturated rings. The molecule has 0 amide bonds. The molecule has 2 heterocycles. The molecule has 1 aliphatic heterocycles. The number of aliphatic hydroxyl groups is 1. The van der Waals surface area contributed by atoms with Gasteiger partial charge in [-0.25, -0.2) is 0 Å². The fourth-order valence-corrected chi connectivity index (χ4v) is 7.19. The quantitative estimate of drug-likeness (QED) is 0.464. The first-order valence-electron chi connectivity index (χ1n) is 9.61. The maximum Gasteiger partial charge on any atom is 0.372 e. The summed E-state index contributed by atoms with van der Waals surface area (Å²) in [6, 6.07) is 9.59. The molecular formula is C21H27NO7P2. The second-order valence-electron chi connectivity index (χ2n) is 8.57. The lowest BCUT2D eigenvalue weighted by molar-refractivity contribution is -0.0439. The molecule has 10 heteroatoms. The highest BCUT2D eigenvalue weighted by molar-refractivity contribution is 7.75. The van der Waals surface area contributed by atoms with Crippen molar-refractivity contribution in [3.8, 4) is 5.75 Å². The van der Waals surface area contributed by atoms with Crippen LogP contribution in [0.3, 0.4) is 0 Å². The third-order valence-electron chi connectivity index (χ3n) is 5.03. The van der Waals surface area contributed by atoms with Gasteiger partial charge < -0.3 is 14.7 Å². The Morgan fingerprint density at radius 3 is 2.39 bits per heavy atom. The maximum absolute atomic E-state index is 13.3. The van der Waals surface area contributed by atoms with Gasteiger partial charge in [0, 0.05) is 36.5 Å². The number of hydrogen-bond donors (Lipinski definition) is 2. The molecule has 1 aliphatic rings. The lowest BCUT2D eigenvalue weighted by Gasteiger charge is -2.43. The van der Waals surface area contributed by atoms with Crippen LogP contribution in [0.25, 0.3) is 0 Å². The lowest BCUT2D eigenvalue weighted by Crippen LogP contribution is -2.37. The summed E-state index contributed by atoms with van der Waals surface area (Å²) in [6.07, 6.45) is 1.14. The van der Waals surface area contributed by atoms with Crippen LogP contribution >= 0.6 is 15.0 Å². The molecule has 4 atom stereocenters. The molecule has 0 aliphatic carbocycles. The van der Waals surface area contributed by atoms with E-state index in [0.29, 0.717) is 22.6 Å². The summed E-state index contributed by atoms with van der Waals surface area (Å²) in [7, 11) is -8.81. The molecule has 0 bridgehead atoms. The zero-order valence-corrected chi connectivity index (χ0v) is 19.7. The highest BCUT2D eigenvalue weighted by Gasteiger charge is 2.64. The molecule has 0 spiro atoms. The van der Waals surface area contributed by atoms with Gasteiger partial charge in [-0.1, -0.05) is 45.5 Å². The molecular weight excluding hydrogens is 440 g/mol. The zero-order chi connectivity index (χ0) is 23.1. The Bertz CT molecular complexity index is 1020. The van der Waals surface area contributed by atoms with Gasteiger partial charge in [-0.2, -0.15) is 0 Å². The first kappa shape index (κ1) is 23.9. The van der Waals surface area contributed by atoms with Crippen LogP contribution < -0.4 is 4.74 Å². The number of hydrogen-bond acceptors (Lipinski definition) is 7. The van der Waals surface area contributed by atoms with E-state index in [0.717, 1.165) is 6.66 Å². The molecule has 1 aromatic carbocycles. The van der Waals surface area contributed by atoms with Crippen molar-refractivity contribution >= 4 is 15.0 Å². The second kappa shape index (κ2) is 8.28. The predicted molar refractivity (Wildman–Crippen MR) is 117 cm³/mol. The minimum atomic E-state index is -4.78. The average Bonchev–Trinajstić information content (AvgIpc) is 2.66. The lowest BCUT2D eigenvalue weighted by atomic mass is 9.95. The summed E-state index contributed by atoms with van der Waals surface area (Å²) in [5.41, 5.74) is 0.534. The van der Waals surface area contributed by atoms with Crippen molar-refractivity contribution in [2.45, 2.75) is 38.6 Å². The van der Waals surface area contributed by atoms with E-state index in [4.69, 9.17) is 13.8 Å². The number of rotatable bonds is 5. The SMILES string of the molecule is C=C(Oc1ccc(C2OP(C)(=O)C(O)(Cc3cccnc3)P(=O)(O)O2)cc1)C(C)(C)C. The summed E-state index contributed by atoms with van der Waals surface area (Å²) in [5.74, 6) is 1.09. The van der Waals surface area contributed by atoms with Gasteiger partial charge in [0.15, 0.2) is 6.29 Å². The number of allylic oxidation sites excluding steroid dienone is 1. The van der Waals surface area contributed by atoms with E-state index in [1.165, 1.54) is 12.4 Å². The predicted octanol–water partition coefficient (Wildman–Crippen LogP) is 5.05. The topological polar surface area (TPSA) is 115 Å². The van der Waals surface area contributed by atoms with E-state index < -0.39 is 32.8 Å². The Hall–Kier alpha value is -1.79. The largest absolute Gasteiger partial charge is 0.462 e. The van der Waals surface area contributed by atoms with E-state index in [9.17, 15) is 19.1 Å². The van der Waals surface area contributed by atoms with Crippen molar-refractivity contribution in [3.63, 3.8) is 0 Å². The van der Waals surface area contributed by atoms with Crippen molar-refractivity contribution in [2.75, 3.05) is 6.66 Å². The number of nitrogens with zero attached hydrogens (tertiary/aromatic N) is 1. The van der Waals surface area contributed by atoms with Crippen LogP contribution in [0.15, 0.2) is 61.1 Å². The standard InChI is InChI=1S/C21H27NO7P2/c1-15(20(2,3)4)27-18-10-8-17(9-11-18)19-28-30(5,24)21(23,31(25,26)29-19)13-16-7-6-12-22-14-16/h6-12,14,19,23H,1,13H2,2-5H3,(H,25,26). The van der Waals surface area contributed by atoms with E-state index in [1.807, 2.05) is 20.8 Å². The van der Waals surface area contributed by atoms with Crippen LogP contribution in [0.1, 0.15) is 38.2 Å². The minimum absolute atomic E-state index is 0.245. The van der Waals surface area contributed by atoms with Crippen LogP contribution in [0.5, 0.6) is 5.75 Å². The fourth-order valence-electron chi connectivity index (χ4n) is 2.86. The first-order valence-corrected chi connectivity index (χ1v) is 13.3. The van der Waals surface area contributed by atoms with Gasteiger partial charge in [0.1, 0.15) is 11.5 Å². The summed E-state index contributed by atoms with van der Waals surface area (Å²) in [5, 5.41) is 8.39.